The Balaban J connectivity index is 2.25. The van der Waals surface area contributed by atoms with Crippen molar-refractivity contribution in [1.82, 2.24) is 4.72 Å². The maximum absolute atomic E-state index is 12.5. The fourth-order valence-electron chi connectivity index (χ4n) is 1.82. The van der Waals surface area contributed by atoms with Crippen molar-refractivity contribution in [2.24, 2.45) is 0 Å². The van der Waals surface area contributed by atoms with Crippen molar-refractivity contribution in [3.63, 3.8) is 0 Å². The zero-order valence-corrected chi connectivity index (χ0v) is 15.2. The van der Waals surface area contributed by atoms with Crippen LogP contribution < -0.4 is 10.0 Å². The van der Waals surface area contributed by atoms with Gasteiger partial charge in [-0.05, 0) is 31.2 Å². The lowest BCUT2D eigenvalue weighted by Gasteiger charge is -2.27. The standard InChI is InChI=1S/C15H15Cl3N2O2S/c1-11-7-9-13(10-8-11)23(21,22)20-14(15(16,17)18)19-12-5-3-2-4-6-12/h2-10,14,19-20H,1H3. The zero-order valence-electron chi connectivity index (χ0n) is 12.1. The summed E-state index contributed by atoms with van der Waals surface area (Å²) in [6.07, 6.45) is -1.14. The molecule has 2 aromatic rings. The highest BCUT2D eigenvalue weighted by Gasteiger charge is 2.36. The fraction of sp³-hybridized carbons (Fsp3) is 0.200. The van der Waals surface area contributed by atoms with Gasteiger partial charge in [-0.1, -0.05) is 70.7 Å². The topological polar surface area (TPSA) is 58.2 Å². The number of rotatable bonds is 5. The van der Waals surface area contributed by atoms with E-state index in [-0.39, 0.29) is 4.90 Å². The van der Waals surface area contributed by atoms with Gasteiger partial charge in [0.25, 0.3) is 0 Å². The van der Waals surface area contributed by atoms with E-state index < -0.39 is 20.0 Å². The van der Waals surface area contributed by atoms with Gasteiger partial charge in [-0.3, -0.25) is 0 Å². The second-order valence-corrected chi connectivity index (χ2v) is 9.00. The van der Waals surface area contributed by atoms with Crippen LogP contribution in [0, 0.1) is 6.92 Å². The summed E-state index contributed by atoms with van der Waals surface area (Å²) in [5.41, 5.74) is 1.57. The zero-order chi connectivity index (χ0) is 17.1. The molecule has 0 amide bonds. The lowest BCUT2D eigenvalue weighted by molar-refractivity contribution is 0.565. The quantitative estimate of drug-likeness (QED) is 0.594. The highest BCUT2D eigenvalue weighted by atomic mass is 35.6. The largest absolute Gasteiger partial charge is 0.365 e. The van der Waals surface area contributed by atoms with E-state index in [1.54, 1.807) is 36.4 Å². The smallest absolute Gasteiger partial charge is 0.242 e. The first-order valence-electron chi connectivity index (χ1n) is 6.66. The maximum Gasteiger partial charge on any atom is 0.242 e. The van der Waals surface area contributed by atoms with E-state index >= 15 is 0 Å². The molecule has 0 aliphatic carbocycles. The van der Waals surface area contributed by atoms with Gasteiger partial charge in [0.05, 0.1) is 4.90 Å². The second-order valence-electron chi connectivity index (χ2n) is 4.92. The van der Waals surface area contributed by atoms with Gasteiger partial charge in [-0.2, -0.15) is 4.72 Å². The van der Waals surface area contributed by atoms with Crippen LogP contribution in [-0.2, 0) is 10.0 Å². The summed E-state index contributed by atoms with van der Waals surface area (Å²) in [4.78, 5) is 0.0946. The number of benzene rings is 2. The van der Waals surface area contributed by atoms with Gasteiger partial charge in [-0.25, -0.2) is 8.42 Å². The van der Waals surface area contributed by atoms with E-state index in [0.717, 1.165) is 5.56 Å². The van der Waals surface area contributed by atoms with E-state index in [1.165, 1.54) is 12.1 Å². The number of para-hydroxylation sites is 1. The van der Waals surface area contributed by atoms with Crippen LogP contribution in [0.2, 0.25) is 0 Å². The third-order valence-corrected chi connectivity index (χ3v) is 5.11. The predicted molar refractivity (Wildman–Crippen MR) is 95.6 cm³/mol. The normalized spacial score (nSPS) is 13.6. The summed E-state index contributed by atoms with van der Waals surface area (Å²) in [7, 11) is -3.85. The summed E-state index contributed by atoms with van der Waals surface area (Å²) < 4.78 is 25.4. The number of alkyl halides is 3. The fourth-order valence-corrected chi connectivity index (χ4v) is 3.52. The van der Waals surface area contributed by atoms with Crippen molar-refractivity contribution >= 4 is 50.5 Å². The third-order valence-electron chi connectivity index (χ3n) is 3.02. The molecule has 0 spiro atoms. The first kappa shape index (κ1) is 18.4. The number of anilines is 1. The van der Waals surface area contributed by atoms with Crippen molar-refractivity contribution in [1.29, 1.82) is 0 Å². The molecule has 0 fully saturated rings. The van der Waals surface area contributed by atoms with Crippen LogP contribution in [-0.4, -0.2) is 18.4 Å². The second kappa shape index (κ2) is 7.28. The van der Waals surface area contributed by atoms with Crippen molar-refractivity contribution in [2.45, 2.75) is 21.8 Å². The minimum atomic E-state index is -3.85. The molecule has 0 aromatic heterocycles. The Bertz CT molecular complexity index is 745. The van der Waals surface area contributed by atoms with E-state index in [2.05, 4.69) is 10.0 Å². The van der Waals surface area contributed by atoms with Crippen molar-refractivity contribution in [3.8, 4) is 0 Å². The Kier molecular flexibility index (Phi) is 5.81. The van der Waals surface area contributed by atoms with Gasteiger partial charge in [0.2, 0.25) is 13.8 Å². The molecular formula is C15H15Cl3N2O2S. The van der Waals surface area contributed by atoms with Crippen LogP contribution in [0.5, 0.6) is 0 Å². The molecule has 0 aliphatic rings. The summed E-state index contributed by atoms with van der Waals surface area (Å²) >= 11 is 17.7. The maximum atomic E-state index is 12.5. The highest BCUT2D eigenvalue weighted by molar-refractivity contribution is 7.89. The molecule has 124 valence electrons. The van der Waals surface area contributed by atoms with Crippen LogP contribution in [0.4, 0.5) is 5.69 Å². The van der Waals surface area contributed by atoms with Gasteiger partial charge in [0, 0.05) is 5.69 Å². The Morgan fingerprint density at radius 1 is 0.957 bits per heavy atom. The van der Waals surface area contributed by atoms with Crippen LogP contribution in [0.1, 0.15) is 5.56 Å². The molecule has 0 heterocycles. The molecule has 0 aliphatic heterocycles. The lowest BCUT2D eigenvalue weighted by Crippen LogP contribution is -2.48. The van der Waals surface area contributed by atoms with Gasteiger partial charge in [0.15, 0.2) is 0 Å². The first-order chi connectivity index (χ1) is 10.7. The monoisotopic (exact) mass is 392 g/mol. The summed E-state index contributed by atoms with van der Waals surface area (Å²) in [6, 6.07) is 15.3. The first-order valence-corrected chi connectivity index (χ1v) is 9.27. The Morgan fingerprint density at radius 3 is 2.04 bits per heavy atom. The van der Waals surface area contributed by atoms with Crippen molar-refractivity contribution < 1.29 is 8.42 Å². The molecule has 23 heavy (non-hydrogen) atoms. The molecule has 0 radical (unpaired) electrons. The highest BCUT2D eigenvalue weighted by Crippen LogP contribution is 2.32. The third kappa shape index (κ3) is 5.26. The molecular weight excluding hydrogens is 379 g/mol. The molecule has 2 aromatic carbocycles. The average molecular weight is 394 g/mol. The number of nitrogens with one attached hydrogen (secondary N) is 2. The van der Waals surface area contributed by atoms with Crippen LogP contribution in [0.25, 0.3) is 0 Å². The molecule has 1 unspecified atom stereocenters. The molecule has 0 saturated carbocycles. The Labute approximate surface area is 150 Å². The number of hydrogen-bond acceptors (Lipinski definition) is 3. The number of sulfonamides is 1. The van der Waals surface area contributed by atoms with Crippen molar-refractivity contribution in [3.05, 3.63) is 60.2 Å². The minimum absolute atomic E-state index is 0.0946. The molecule has 2 rings (SSSR count). The number of aryl methyl sites for hydroxylation is 1. The van der Waals surface area contributed by atoms with E-state index in [1.807, 2.05) is 13.0 Å². The minimum Gasteiger partial charge on any atom is -0.365 e. The molecule has 0 saturated heterocycles. The summed E-state index contributed by atoms with van der Waals surface area (Å²) in [6.45, 7) is 1.87. The average Bonchev–Trinajstić information content (AvgIpc) is 2.47. The van der Waals surface area contributed by atoms with Crippen LogP contribution in [0.15, 0.2) is 59.5 Å². The predicted octanol–water partition coefficient (Wildman–Crippen LogP) is 4.08. The number of hydrogen-bond donors (Lipinski definition) is 2. The summed E-state index contributed by atoms with van der Waals surface area (Å²) in [5.74, 6) is 0. The lowest BCUT2D eigenvalue weighted by atomic mass is 10.2. The molecule has 4 nitrogen and oxygen atoms in total. The van der Waals surface area contributed by atoms with E-state index in [4.69, 9.17) is 34.8 Å². The van der Waals surface area contributed by atoms with Gasteiger partial charge in [0.1, 0.15) is 6.17 Å². The summed E-state index contributed by atoms with van der Waals surface area (Å²) in [5, 5.41) is 2.87. The number of halogens is 3. The molecule has 8 heteroatoms. The Hall–Kier alpha value is -0.980. The van der Waals surface area contributed by atoms with Crippen LogP contribution in [0.3, 0.4) is 0 Å². The molecule has 2 N–H and O–H groups in total. The molecule has 0 bridgehead atoms. The van der Waals surface area contributed by atoms with Crippen molar-refractivity contribution in [2.75, 3.05) is 5.32 Å². The van der Waals surface area contributed by atoms with Crippen LogP contribution >= 0.6 is 34.8 Å². The van der Waals surface area contributed by atoms with E-state index in [0.29, 0.717) is 5.69 Å². The molecule has 1 atom stereocenters. The van der Waals surface area contributed by atoms with E-state index in [9.17, 15) is 8.42 Å². The van der Waals surface area contributed by atoms with Gasteiger partial charge in [-0.15, -0.1) is 0 Å². The van der Waals surface area contributed by atoms with Gasteiger partial charge >= 0.3 is 0 Å². The van der Waals surface area contributed by atoms with Gasteiger partial charge < -0.3 is 5.32 Å². The SMILES string of the molecule is Cc1ccc(S(=O)(=O)NC(Nc2ccccc2)C(Cl)(Cl)Cl)cc1. The Morgan fingerprint density at radius 2 is 1.52 bits per heavy atom.